The van der Waals surface area contributed by atoms with Gasteiger partial charge in [-0.2, -0.15) is 0 Å². The highest BCUT2D eigenvalue weighted by Gasteiger charge is 2.20. The van der Waals surface area contributed by atoms with Crippen molar-refractivity contribution in [2.24, 2.45) is 0 Å². The van der Waals surface area contributed by atoms with E-state index >= 15 is 0 Å². The van der Waals surface area contributed by atoms with Crippen LogP contribution < -0.4 is 0 Å². The van der Waals surface area contributed by atoms with Gasteiger partial charge in [0.05, 0.1) is 22.4 Å². The van der Waals surface area contributed by atoms with Crippen LogP contribution in [0.3, 0.4) is 0 Å². The van der Waals surface area contributed by atoms with Crippen molar-refractivity contribution >= 4 is 84.8 Å². The van der Waals surface area contributed by atoms with E-state index in [9.17, 15) is 0 Å². The summed E-state index contributed by atoms with van der Waals surface area (Å²) < 4.78 is 7.41. The number of hydrogen-bond acceptors (Lipinski definition) is 4. The Kier molecular flexibility index (Phi) is 5.32. The van der Waals surface area contributed by atoms with E-state index in [1.807, 2.05) is 28.7 Å². The quantitative estimate of drug-likeness (QED) is 0.199. The maximum Gasteiger partial charge on any atom is 0.235 e. The molecule has 6 aromatic carbocycles. The molecule has 0 saturated heterocycles. The summed E-state index contributed by atoms with van der Waals surface area (Å²) in [5.41, 5.74) is 6.23. The minimum absolute atomic E-state index is 0.674. The average Bonchev–Trinajstić information content (AvgIpc) is 3.76. The third-order valence-electron chi connectivity index (χ3n) is 8.83. The van der Waals surface area contributed by atoms with Gasteiger partial charge in [0.1, 0.15) is 0 Å². The molecule has 0 amide bonds. The standard InChI is InChI=1S/C40H23N3S2/c1-2-11-24(12-3-1)31-23-32(27-16-10-20-37-39(27)28-15-6-9-19-36(28)44-37)42-40(41-31)43-33-17-7-4-13-25(33)29-22-38-30(21-34(29)43)26-14-5-8-18-35(26)45-38/h1-23H. The first-order chi connectivity index (χ1) is 22.3. The highest BCUT2D eigenvalue weighted by Crippen LogP contribution is 2.42. The van der Waals surface area contributed by atoms with Crippen molar-refractivity contribution in [2.75, 3.05) is 0 Å². The van der Waals surface area contributed by atoms with Crippen molar-refractivity contribution < 1.29 is 0 Å². The van der Waals surface area contributed by atoms with E-state index in [0.717, 1.165) is 33.5 Å². The molecule has 5 heteroatoms. The van der Waals surface area contributed by atoms with Crippen LogP contribution in [0.2, 0.25) is 0 Å². The van der Waals surface area contributed by atoms with Crippen molar-refractivity contribution in [2.45, 2.75) is 0 Å². The first-order valence-corrected chi connectivity index (χ1v) is 16.6. The fourth-order valence-electron chi connectivity index (χ4n) is 6.82. The van der Waals surface area contributed by atoms with E-state index in [-0.39, 0.29) is 0 Å². The van der Waals surface area contributed by atoms with Crippen molar-refractivity contribution in [3.63, 3.8) is 0 Å². The van der Waals surface area contributed by atoms with E-state index < -0.39 is 0 Å². The first kappa shape index (κ1) is 25.0. The maximum absolute atomic E-state index is 5.40. The number of thiophene rings is 2. The second-order valence-electron chi connectivity index (χ2n) is 11.4. The predicted molar refractivity (Wildman–Crippen MR) is 193 cm³/mol. The van der Waals surface area contributed by atoms with Gasteiger partial charge in [-0.3, -0.25) is 4.57 Å². The van der Waals surface area contributed by atoms with Crippen LogP contribution in [-0.4, -0.2) is 14.5 Å². The lowest BCUT2D eigenvalue weighted by atomic mass is 10.0. The predicted octanol–water partition coefficient (Wildman–Crippen LogP) is 11.6. The Morgan fingerprint density at radius 2 is 1.09 bits per heavy atom. The lowest BCUT2D eigenvalue weighted by Gasteiger charge is -2.12. The van der Waals surface area contributed by atoms with Crippen LogP contribution in [0.5, 0.6) is 0 Å². The Hall–Kier alpha value is -5.36. The normalized spacial score (nSPS) is 12.0. The molecule has 0 spiro atoms. The van der Waals surface area contributed by atoms with Gasteiger partial charge in [0.15, 0.2) is 0 Å². The van der Waals surface area contributed by atoms with Gasteiger partial charge in [0.2, 0.25) is 5.95 Å². The number of rotatable bonds is 3. The summed E-state index contributed by atoms with van der Waals surface area (Å²) in [5.74, 6) is 0.674. The summed E-state index contributed by atoms with van der Waals surface area (Å²) in [6.07, 6.45) is 0. The van der Waals surface area contributed by atoms with E-state index in [0.29, 0.717) is 5.95 Å². The van der Waals surface area contributed by atoms with Gasteiger partial charge in [-0.25, -0.2) is 9.97 Å². The molecule has 0 aliphatic carbocycles. The topological polar surface area (TPSA) is 30.7 Å². The fourth-order valence-corrected chi connectivity index (χ4v) is 9.08. The van der Waals surface area contributed by atoms with Gasteiger partial charge in [0.25, 0.3) is 0 Å². The third-order valence-corrected chi connectivity index (χ3v) is 11.1. The number of aromatic nitrogens is 3. The Balaban J connectivity index is 1.33. The molecule has 0 unspecified atom stereocenters. The van der Waals surface area contributed by atoms with Crippen LogP contribution in [-0.2, 0) is 0 Å². The molecule has 0 radical (unpaired) electrons. The van der Waals surface area contributed by atoms with Crippen LogP contribution in [0.1, 0.15) is 0 Å². The van der Waals surface area contributed by atoms with Crippen LogP contribution in [0, 0.1) is 0 Å². The van der Waals surface area contributed by atoms with Crippen LogP contribution in [0.25, 0.3) is 90.6 Å². The summed E-state index contributed by atoms with van der Waals surface area (Å²) in [4.78, 5) is 10.7. The zero-order valence-electron chi connectivity index (χ0n) is 23.9. The average molecular weight is 610 g/mol. The van der Waals surface area contributed by atoms with E-state index in [2.05, 4.69) is 138 Å². The van der Waals surface area contributed by atoms with Crippen molar-refractivity contribution in [3.05, 3.63) is 140 Å². The number of para-hydroxylation sites is 1. The minimum Gasteiger partial charge on any atom is -0.278 e. The first-order valence-electron chi connectivity index (χ1n) is 15.0. The molecule has 3 nitrogen and oxygen atoms in total. The Morgan fingerprint density at radius 1 is 0.422 bits per heavy atom. The zero-order chi connectivity index (χ0) is 29.5. The molecule has 45 heavy (non-hydrogen) atoms. The number of hydrogen-bond donors (Lipinski definition) is 0. The zero-order valence-corrected chi connectivity index (χ0v) is 25.6. The highest BCUT2D eigenvalue weighted by atomic mass is 32.1. The van der Waals surface area contributed by atoms with Crippen molar-refractivity contribution in [3.8, 4) is 28.5 Å². The molecule has 0 N–H and O–H groups in total. The summed E-state index contributed by atoms with van der Waals surface area (Å²) in [6, 6.07) is 49.9. The molecule has 4 aromatic heterocycles. The molecule has 0 atom stereocenters. The molecule has 0 saturated carbocycles. The molecular weight excluding hydrogens is 587 g/mol. The van der Waals surface area contributed by atoms with Gasteiger partial charge in [-0.05, 0) is 42.5 Å². The van der Waals surface area contributed by atoms with Crippen LogP contribution >= 0.6 is 22.7 Å². The lowest BCUT2D eigenvalue weighted by molar-refractivity contribution is 0.997. The summed E-state index contributed by atoms with van der Waals surface area (Å²) in [7, 11) is 0. The lowest BCUT2D eigenvalue weighted by Crippen LogP contribution is -2.04. The van der Waals surface area contributed by atoms with Crippen LogP contribution in [0.15, 0.2) is 140 Å². The Morgan fingerprint density at radius 3 is 1.96 bits per heavy atom. The summed E-state index contributed by atoms with van der Waals surface area (Å²) >= 11 is 3.68. The number of nitrogens with zero attached hydrogens (tertiary/aromatic N) is 3. The van der Waals surface area contributed by atoms with Gasteiger partial charge in [-0.15, -0.1) is 22.7 Å². The molecular formula is C40H23N3S2. The minimum atomic E-state index is 0.674. The van der Waals surface area contributed by atoms with Gasteiger partial charge < -0.3 is 0 Å². The second-order valence-corrected chi connectivity index (χ2v) is 13.6. The molecule has 0 bridgehead atoms. The van der Waals surface area contributed by atoms with E-state index in [4.69, 9.17) is 9.97 Å². The summed E-state index contributed by atoms with van der Waals surface area (Å²) in [5, 5.41) is 7.47. The van der Waals surface area contributed by atoms with Crippen molar-refractivity contribution in [1.82, 2.24) is 14.5 Å². The Bertz CT molecular complexity index is 2770. The Labute approximate surface area is 266 Å². The molecule has 0 aliphatic rings. The molecule has 0 fully saturated rings. The number of fused-ring (bicyclic) bond motifs is 9. The maximum atomic E-state index is 5.40. The second kappa shape index (κ2) is 9.57. The SMILES string of the molecule is c1ccc(-c2cc(-c3cccc4sc5ccccc5c34)nc(-n3c4ccccc4c4cc5sc6ccccc6c5cc43)n2)cc1. The molecule has 0 aliphatic heterocycles. The highest BCUT2D eigenvalue weighted by molar-refractivity contribution is 7.26. The largest absolute Gasteiger partial charge is 0.278 e. The number of benzene rings is 6. The van der Waals surface area contributed by atoms with Gasteiger partial charge in [0, 0.05) is 62.2 Å². The molecule has 4 heterocycles. The van der Waals surface area contributed by atoms with Crippen molar-refractivity contribution in [1.29, 1.82) is 0 Å². The smallest absolute Gasteiger partial charge is 0.235 e. The molecule has 10 aromatic rings. The third kappa shape index (κ3) is 3.75. The van der Waals surface area contributed by atoms with E-state index in [1.165, 1.54) is 51.1 Å². The van der Waals surface area contributed by atoms with Gasteiger partial charge >= 0.3 is 0 Å². The molecule has 210 valence electrons. The monoisotopic (exact) mass is 609 g/mol. The van der Waals surface area contributed by atoms with E-state index in [1.54, 1.807) is 0 Å². The van der Waals surface area contributed by atoms with Gasteiger partial charge in [-0.1, -0.05) is 97.1 Å². The molecule has 10 rings (SSSR count). The summed E-state index contributed by atoms with van der Waals surface area (Å²) in [6.45, 7) is 0. The fraction of sp³-hybridized carbons (Fsp3) is 0. The van der Waals surface area contributed by atoms with Crippen LogP contribution in [0.4, 0.5) is 0 Å².